The Morgan fingerprint density at radius 3 is 2.49 bits per heavy atom. The summed E-state index contributed by atoms with van der Waals surface area (Å²) in [5.41, 5.74) is 2.96. The normalized spacial score (nSPS) is 11.5. The van der Waals surface area contributed by atoms with Crippen LogP contribution >= 0.6 is 0 Å². The number of aromatic amines is 1. The van der Waals surface area contributed by atoms with E-state index in [0.717, 1.165) is 17.7 Å². The van der Waals surface area contributed by atoms with E-state index in [-0.39, 0.29) is 11.6 Å². The standard InChI is InChI=1S/C22H15F2N7O3S/c1-34-22-18(31-35(32,33)19-3-2-15(23)8-17(19)24)7-14(10-26-22)13-6-16-20(12-4-5-27-28-11-12)29-30-21(16)25-9-13/h2-11,31H,1H3,(H,25,29,30). The number of sulfonamides is 1. The van der Waals surface area contributed by atoms with E-state index >= 15 is 0 Å². The van der Waals surface area contributed by atoms with Gasteiger partial charge in [0.05, 0.1) is 25.2 Å². The van der Waals surface area contributed by atoms with Crippen LogP contribution in [0.2, 0.25) is 0 Å². The number of benzene rings is 1. The van der Waals surface area contributed by atoms with Gasteiger partial charge in [-0.3, -0.25) is 9.82 Å². The molecule has 0 aliphatic heterocycles. The number of nitrogens with zero attached hydrogens (tertiary/aromatic N) is 5. The number of methoxy groups -OCH3 is 1. The Bertz CT molecular complexity index is 1660. The Hall–Kier alpha value is -4.52. The summed E-state index contributed by atoms with van der Waals surface area (Å²) in [7, 11) is -3.10. The highest BCUT2D eigenvalue weighted by molar-refractivity contribution is 7.92. The molecular weight excluding hydrogens is 480 g/mol. The molecule has 5 aromatic rings. The zero-order valence-electron chi connectivity index (χ0n) is 17.9. The lowest BCUT2D eigenvalue weighted by molar-refractivity contribution is 0.400. The molecule has 2 N–H and O–H groups in total. The fraction of sp³-hybridized carbons (Fsp3) is 0.0455. The number of hydrogen-bond acceptors (Lipinski definition) is 8. The summed E-state index contributed by atoms with van der Waals surface area (Å²) >= 11 is 0. The van der Waals surface area contributed by atoms with Crippen molar-refractivity contribution in [1.82, 2.24) is 30.4 Å². The second-order valence-electron chi connectivity index (χ2n) is 7.29. The Balaban J connectivity index is 1.56. The first-order valence-corrected chi connectivity index (χ1v) is 11.5. The van der Waals surface area contributed by atoms with Gasteiger partial charge < -0.3 is 4.74 Å². The van der Waals surface area contributed by atoms with Crippen LogP contribution in [0.3, 0.4) is 0 Å². The average molecular weight is 495 g/mol. The molecule has 0 unspecified atom stereocenters. The fourth-order valence-electron chi connectivity index (χ4n) is 3.45. The van der Waals surface area contributed by atoms with Crippen LogP contribution in [0.4, 0.5) is 14.5 Å². The van der Waals surface area contributed by atoms with Crippen LogP contribution in [0.5, 0.6) is 5.88 Å². The maximum absolute atomic E-state index is 14.1. The molecule has 0 fully saturated rings. The third-order valence-corrected chi connectivity index (χ3v) is 6.49. The number of aromatic nitrogens is 6. The van der Waals surface area contributed by atoms with Crippen molar-refractivity contribution in [2.24, 2.45) is 0 Å². The molecule has 0 amide bonds. The summed E-state index contributed by atoms with van der Waals surface area (Å²) in [5.74, 6) is -2.17. The van der Waals surface area contributed by atoms with Gasteiger partial charge in [-0.2, -0.15) is 15.3 Å². The first-order valence-electron chi connectivity index (χ1n) is 9.99. The quantitative estimate of drug-likeness (QED) is 0.365. The molecule has 0 saturated heterocycles. The molecule has 13 heteroatoms. The van der Waals surface area contributed by atoms with Crippen molar-refractivity contribution in [3.05, 3.63) is 72.8 Å². The number of nitrogens with one attached hydrogen (secondary N) is 2. The van der Waals surface area contributed by atoms with Crippen LogP contribution in [0.25, 0.3) is 33.4 Å². The Morgan fingerprint density at radius 1 is 0.943 bits per heavy atom. The SMILES string of the molecule is COc1ncc(-c2cnc3n[nH]c(-c4ccnnc4)c3c2)cc1NS(=O)(=O)c1ccc(F)cc1F. The second-order valence-corrected chi connectivity index (χ2v) is 8.94. The largest absolute Gasteiger partial charge is 0.480 e. The van der Waals surface area contributed by atoms with Gasteiger partial charge in [-0.25, -0.2) is 27.2 Å². The third kappa shape index (κ3) is 4.24. The van der Waals surface area contributed by atoms with Gasteiger partial charge in [0.15, 0.2) is 5.65 Å². The van der Waals surface area contributed by atoms with E-state index in [4.69, 9.17) is 4.74 Å². The zero-order valence-corrected chi connectivity index (χ0v) is 18.7. The summed E-state index contributed by atoms with van der Waals surface area (Å²) in [4.78, 5) is 7.80. The number of hydrogen-bond donors (Lipinski definition) is 2. The van der Waals surface area contributed by atoms with Crippen molar-refractivity contribution in [2.45, 2.75) is 4.90 Å². The minimum absolute atomic E-state index is 0.0410. The lowest BCUT2D eigenvalue weighted by atomic mass is 10.1. The number of H-pyrrole nitrogens is 1. The van der Waals surface area contributed by atoms with Crippen LogP contribution in [0.15, 0.2) is 66.1 Å². The highest BCUT2D eigenvalue weighted by atomic mass is 32.2. The lowest BCUT2D eigenvalue weighted by Crippen LogP contribution is -2.15. The topological polar surface area (TPSA) is 136 Å². The van der Waals surface area contributed by atoms with Gasteiger partial charge in [-0.05, 0) is 30.3 Å². The molecular formula is C22H15F2N7O3S. The summed E-state index contributed by atoms with van der Waals surface area (Å²) in [5, 5.41) is 15.5. The summed E-state index contributed by atoms with van der Waals surface area (Å²) in [6, 6.07) is 7.23. The first-order chi connectivity index (χ1) is 16.9. The predicted molar refractivity (Wildman–Crippen MR) is 122 cm³/mol. The number of pyridine rings is 2. The Kier molecular flexibility index (Phi) is 5.53. The summed E-state index contributed by atoms with van der Waals surface area (Å²) < 4.78 is 60.4. The first kappa shape index (κ1) is 22.3. The van der Waals surface area contributed by atoms with Crippen LogP contribution in [0.1, 0.15) is 0 Å². The van der Waals surface area contributed by atoms with Gasteiger partial charge in [0, 0.05) is 40.5 Å². The van der Waals surface area contributed by atoms with Gasteiger partial charge in [-0.15, -0.1) is 0 Å². The molecule has 35 heavy (non-hydrogen) atoms. The molecule has 0 atom stereocenters. The molecule has 4 heterocycles. The van der Waals surface area contributed by atoms with E-state index in [1.807, 2.05) is 6.07 Å². The van der Waals surface area contributed by atoms with Crippen molar-refractivity contribution in [2.75, 3.05) is 11.8 Å². The van der Waals surface area contributed by atoms with E-state index in [0.29, 0.717) is 33.9 Å². The van der Waals surface area contributed by atoms with Crippen molar-refractivity contribution < 1.29 is 21.9 Å². The summed E-state index contributed by atoms with van der Waals surface area (Å²) in [6.45, 7) is 0. The molecule has 0 spiro atoms. The van der Waals surface area contributed by atoms with Gasteiger partial charge in [0.25, 0.3) is 10.0 Å². The predicted octanol–water partition coefficient (Wildman–Crippen LogP) is 3.56. The highest BCUT2D eigenvalue weighted by Crippen LogP contribution is 2.33. The Morgan fingerprint density at radius 2 is 1.74 bits per heavy atom. The fourth-order valence-corrected chi connectivity index (χ4v) is 4.56. The van der Waals surface area contributed by atoms with E-state index < -0.39 is 26.6 Å². The van der Waals surface area contributed by atoms with Crippen molar-refractivity contribution >= 4 is 26.7 Å². The Labute approximate surface area is 197 Å². The third-order valence-electron chi connectivity index (χ3n) is 5.09. The smallest absolute Gasteiger partial charge is 0.264 e. The van der Waals surface area contributed by atoms with Gasteiger partial charge in [-0.1, -0.05) is 0 Å². The van der Waals surface area contributed by atoms with Crippen LogP contribution in [0, 0.1) is 11.6 Å². The monoisotopic (exact) mass is 495 g/mol. The van der Waals surface area contributed by atoms with Gasteiger partial charge in [0.2, 0.25) is 5.88 Å². The molecule has 10 nitrogen and oxygen atoms in total. The van der Waals surface area contributed by atoms with Crippen molar-refractivity contribution in [1.29, 1.82) is 0 Å². The molecule has 4 aromatic heterocycles. The van der Waals surface area contributed by atoms with E-state index in [1.165, 1.54) is 19.4 Å². The molecule has 1 aromatic carbocycles. The number of halogens is 2. The second kappa shape index (κ2) is 8.68. The number of rotatable bonds is 6. The lowest BCUT2D eigenvalue weighted by Gasteiger charge is -2.13. The molecule has 0 saturated carbocycles. The number of fused-ring (bicyclic) bond motifs is 1. The highest BCUT2D eigenvalue weighted by Gasteiger charge is 2.22. The maximum Gasteiger partial charge on any atom is 0.264 e. The van der Waals surface area contributed by atoms with Crippen molar-refractivity contribution in [3.8, 4) is 28.3 Å². The molecule has 0 bridgehead atoms. The summed E-state index contributed by atoms with van der Waals surface area (Å²) in [6.07, 6.45) is 6.16. The molecule has 176 valence electrons. The van der Waals surface area contributed by atoms with Gasteiger partial charge >= 0.3 is 0 Å². The van der Waals surface area contributed by atoms with E-state index in [2.05, 4.69) is 35.1 Å². The molecule has 0 aliphatic carbocycles. The van der Waals surface area contributed by atoms with E-state index in [1.54, 1.807) is 24.7 Å². The van der Waals surface area contributed by atoms with Crippen LogP contribution in [-0.2, 0) is 10.0 Å². The maximum atomic E-state index is 14.1. The molecule has 5 rings (SSSR count). The zero-order chi connectivity index (χ0) is 24.6. The average Bonchev–Trinajstić information content (AvgIpc) is 3.27. The van der Waals surface area contributed by atoms with Crippen LogP contribution in [-0.4, -0.2) is 45.9 Å². The van der Waals surface area contributed by atoms with Gasteiger partial charge in [0.1, 0.15) is 22.2 Å². The van der Waals surface area contributed by atoms with Crippen LogP contribution < -0.4 is 9.46 Å². The number of anilines is 1. The minimum atomic E-state index is -4.42. The van der Waals surface area contributed by atoms with E-state index in [9.17, 15) is 17.2 Å². The number of ether oxygens (including phenoxy) is 1. The molecule has 0 radical (unpaired) electrons. The molecule has 0 aliphatic rings. The minimum Gasteiger partial charge on any atom is -0.480 e. The van der Waals surface area contributed by atoms with Crippen molar-refractivity contribution in [3.63, 3.8) is 0 Å².